The molecular formula is C25H22N4O3S. The van der Waals surface area contributed by atoms with Crippen molar-refractivity contribution in [1.82, 2.24) is 14.6 Å². The minimum atomic E-state index is -0.266. The molecule has 33 heavy (non-hydrogen) atoms. The fraction of sp³-hybridized carbons (Fsp3) is 0.160. The summed E-state index contributed by atoms with van der Waals surface area (Å²) in [7, 11) is 1.64. The Kier molecular flexibility index (Phi) is 5.43. The van der Waals surface area contributed by atoms with Crippen molar-refractivity contribution in [1.29, 1.82) is 0 Å². The molecule has 0 spiro atoms. The van der Waals surface area contributed by atoms with E-state index in [2.05, 4.69) is 21.5 Å². The van der Waals surface area contributed by atoms with E-state index in [0.29, 0.717) is 22.5 Å². The van der Waals surface area contributed by atoms with Crippen LogP contribution >= 0.6 is 11.3 Å². The Morgan fingerprint density at radius 2 is 1.91 bits per heavy atom. The number of rotatable bonds is 6. The largest absolute Gasteiger partial charge is 0.497 e. The summed E-state index contributed by atoms with van der Waals surface area (Å²) in [6, 6.07) is 17.6. The van der Waals surface area contributed by atoms with Gasteiger partial charge in [0.2, 0.25) is 5.91 Å². The topological polar surface area (TPSA) is 89.0 Å². The standard InChI is InChI=1S/C25H22N4O3S/c1-15-26-24-20(13-14-33-24)25(31)29(15)28-22(30)12-11-19-18-5-3-4-6-21(18)27-23(19)16-7-9-17(32-2)10-8-16/h3-10,13-14,27H,11-12H2,1-2H3,(H,28,30). The van der Waals surface area contributed by atoms with Crippen LogP contribution in [-0.2, 0) is 11.2 Å². The summed E-state index contributed by atoms with van der Waals surface area (Å²) in [5.41, 5.74) is 6.52. The number of nitrogens with zero attached hydrogens (tertiary/aromatic N) is 2. The highest BCUT2D eigenvalue weighted by molar-refractivity contribution is 7.16. The van der Waals surface area contributed by atoms with Crippen molar-refractivity contribution in [3.63, 3.8) is 0 Å². The van der Waals surface area contributed by atoms with E-state index in [1.165, 1.54) is 16.0 Å². The number of aryl methyl sites for hydroxylation is 2. The third-order valence-corrected chi connectivity index (χ3v) is 6.50. The molecule has 0 unspecified atom stereocenters. The molecule has 0 aliphatic rings. The zero-order valence-electron chi connectivity index (χ0n) is 18.2. The first-order valence-corrected chi connectivity index (χ1v) is 11.4. The van der Waals surface area contributed by atoms with Crippen LogP contribution in [0, 0.1) is 6.92 Å². The van der Waals surface area contributed by atoms with Gasteiger partial charge in [0.25, 0.3) is 5.56 Å². The van der Waals surface area contributed by atoms with Crippen molar-refractivity contribution in [2.45, 2.75) is 19.8 Å². The average molecular weight is 459 g/mol. The predicted octanol–water partition coefficient (Wildman–Crippen LogP) is 4.63. The number of aromatic nitrogens is 3. The smallest absolute Gasteiger partial charge is 0.281 e. The second kappa shape index (κ2) is 8.55. The van der Waals surface area contributed by atoms with Crippen LogP contribution in [0.2, 0.25) is 0 Å². The molecule has 0 fully saturated rings. The number of hydrogen-bond acceptors (Lipinski definition) is 5. The minimum absolute atomic E-state index is 0.221. The Labute approximate surface area is 193 Å². The van der Waals surface area contributed by atoms with Crippen LogP contribution < -0.4 is 15.7 Å². The number of fused-ring (bicyclic) bond motifs is 2. The molecule has 0 aliphatic heterocycles. The van der Waals surface area contributed by atoms with E-state index in [9.17, 15) is 9.59 Å². The van der Waals surface area contributed by atoms with E-state index >= 15 is 0 Å². The summed E-state index contributed by atoms with van der Waals surface area (Å²) in [6.45, 7) is 1.71. The van der Waals surface area contributed by atoms with Crippen molar-refractivity contribution in [2.24, 2.45) is 0 Å². The van der Waals surface area contributed by atoms with Gasteiger partial charge in [-0.1, -0.05) is 18.2 Å². The summed E-state index contributed by atoms with van der Waals surface area (Å²) in [5.74, 6) is 0.990. The Hall–Kier alpha value is -3.91. The second-order valence-corrected chi connectivity index (χ2v) is 8.62. The summed E-state index contributed by atoms with van der Waals surface area (Å²) >= 11 is 1.41. The Bertz CT molecular complexity index is 1530. The van der Waals surface area contributed by atoms with Crippen molar-refractivity contribution >= 4 is 38.4 Å². The lowest BCUT2D eigenvalue weighted by atomic mass is 10.0. The summed E-state index contributed by atoms with van der Waals surface area (Å²) in [6.07, 6.45) is 0.734. The molecule has 8 heteroatoms. The van der Waals surface area contributed by atoms with Crippen LogP contribution in [0.5, 0.6) is 5.75 Å². The molecule has 0 bridgehead atoms. The number of carbonyl (C=O) groups is 1. The third kappa shape index (κ3) is 3.89. The number of thiophene rings is 1. The van der Waals surface area contributed by atoms with Gasteiger partial charge in [0.15, 0.2) is 0 Å². The number of benzene rings is 2. The third-order valence-electron chi connectivity index (χ3n) is 5.70. The monoisotopic (exact) mass is 458 g/mol. The quantitative estimate of drug-likeness (QED) is 0.388. The maximum absolute atomic E-state index is 12.8. The van der Waals surface area contributed by atoms with E-state index in [0.717, 1.165) is 33.5 Å². The molecule has 166 valence electrons. The van der Waals surface area contributed by atoms with Crippen molar-refractivity contribution in [3.05, 3.63) is 81.7 Å². The number of carbonyl (C=O) groups excluding carboxylic acids is 1. The van der Waals surface area contributed by atoms with Gasteiger partial charge in [-0.3, -0.25) is 15.0 Å². The number of para-hydroxylation sites is 1. The lowest BCUT2D eigenvalue weighted by Crippen LogP contribution is -2.35. The molecule has 3 aromatic heterocycles. The zero-order valence-corrected chi connectivity index (χ0v) is 19.0. The van der Waals surface area contributed by atoms with Gasteiger partial charge in [-0.05, 0) is 66.2 Å². The van der Waals surface area contributed by atoms with Gasteiger partial charge in [-0.15, -0.1) is 11.3 Å². The Balaban J connectivity index is 1.42. The normalized spacial score (nSPS) is 11.2. The van der Waals surface area contributed by atoms with Gasteiger partial charge in [0.05, 0.1) is 12.5 Å². The molecule has 2 N–H and O–H groups in total. The fourth-order valence-electron chi connectivity index (χ4n) is 4.03. The van der Waals surface area contributed by atoms with Crippen LogP contribution in [0.25, 0.3) is 32.4 Å². The van der Waals surface area contributed by atoms with Crippen LogP contribution in [0.3, 0.4) is 0 Å². The van der Waals surface area contributed by atoms with E-state index in [-0.39, 0.29) is 17.9 Å². The molecule has 5 aromatic rings. The Morgan fingerprint density at radius 3 is 2.70 bits per heavy atom. The second-order valence-electron chi connectivity index (χ2n) is 7.73. The number of hydrogen-bond donors (Lipinski definition) is 2. The van der Waals surface area contributed by atoms with Gasteiger partial charge < -0.3 is 9.72 Å². The van der Waals surface area contributed by atoms with Crippen molar-refractivity contribution in [2.75, 3.05) is 12.5 Å². The fourth-order valence-corrected chi connectivity index (χ4v) is 4.83. The number of methoxy groups -OCH3 is 1. The van der Waals surface area contributed by atoms with Gasteiger partial charge in [-0.25, -0.2) is 9.66 Å². The molecule has 0 atom stereocenters. The molecular weight excluding hydrogens is 436 g/mol. The predicted molar refractivity (Wildman–Crippen MR) is 132 cm³/mol. The first-order chi connectivity index (χ1) is 16.0. The van der Waals surface area contributed by atoms with E-state index < -0.39 is 0 Å². The Morgan fingerprint density at radius 1 is 1.12 bits per heavy atom. The van der Waals surface area contributed by atoms with Gasteiger partial charge >= 0.3 is 0 Å². The first kappa shape index (κ1) is 21.0. The van der Waals surface area contributed by atoms with Gasteiger partial charge in [-0.2, -0.15) is 0 Å². The SMILES string of the molecule is COc1ccc(-c2[nH]c3ccccc3c2CCC(=O)Nn2c(C)nc3sccc3c2=O)cc1. The molecule has 7 nitrogen and oxygen atoms in total. The highest BCUT2D eigenvalue weighted by Crippen LogP contribution is 2.32. The number of amides is 1. The molecule has 0 radical (unpaired) electrons. The van der Waals surface area contributed by atoms with Gasteiger partial charge in [0.1, 0.15) is 16.4 Å². The highest BCUT2D eigenvalue weighted by Gasteiger charge is 2.16. The lowest BCUT2D eigenvalue weighted by molar-refractivity contribution is -0.117. The zero-order chi connectivity index (χ0) is 22.9. The molecule has 3 heterocycles. The van der Waals surface area contributed by atoms with E-state index in [1.54, 1.807) is 20.1 Å². The maximum Gasteiger partial charge on any atom is 0.281 e. The molecule has 5 rings (SSSR count). The molecule has 0 aliphatic carbocycles. The number of nitrogens with one attached hydrogen (secondary N) is 2. The minimum Gasteiger partial charge on any atom is -0.497 e. The highest BCUT2D eigenvalue weighted by atomic mass is 32.1. The van der Waals surface area contributed by atoms with Crippen molar-refractivity contribution in [3.8, 4) is 17.0 Å². The summed E-state index contributed by atoms with van der Waals surface area (Å²) < 4.78 is 6.51. The average Bonchev–Trinajstić information content (AvgIpc) is 3.45. The number of ether oxygens (including phenoxy) is 1. The summed E-state index contributed by atoms with van der Waals surface area (Å²) in [5, 5.41) is 3.40. The molecule has 0 saturated heterocycles. The maximum atomic E-state index is 12.8. The van der Waals surface area contributed by atoms with Gasteiger partial charge in [0, 0.05) is 23.0 Å². The van der Waals surface area contributed by atoms with Crippen LogP contribution in [0.15, 0.2) is 64.8 Å². The van der Waals surface area contributed by atoms with Crippen molar-refractivity contribution < 1.29 is 9.53 Å². The first-order valence-electron chi connectivity index (χ1n) is 10.6. The summed E-state index contributed by atoms with van der Waals surface area (Å²) in [4.78, 5) is 34.2. The van der Waals surface area contributed by atoms with Crippen LogP contribution in [0.1, 0.15) is 17.8 Å². The number of H-pyrrole nitrogens is 1. The lowest BCUT2D eigenvalue weighted by Gasteiger charge is -2.11. The molecule has 0 saturated carbocycles. The molecule has 2 aromatic carbocycles. The van der Waals surface area contributed by atoms with E-state index in [1.807, 2.05) is 47.8 Å². The molecule has 1 amide bonds. The van der Waals surface area contributed by atoms with Crippen LogP contribution in [0.4, 0.5) is 0 Å². The van der Waals surface area contributed by atoms with E-state index in [4.69, 9.17) is 4.74 Å². The number of aromatic amines is 1. The van der Waals surface area contributed by atoms with Crippen LogP contribution in [-0.4, -0.2) is 27.7 Å².